The summed E-state index contributed by atoms with van der Waals surface area (Å²) in [5.74, 6) is 0.984. The van der Waals surface area contributed by atoms with E-state index in [1.54, 1.807) is 6.07 Å². The predicted octanol–water partition coefficient (Wildman–Crippen LogP) is 2.61. The van der Waals surface area contributed by atoms with E-state index in [0.717, 1.165) is 36.3 Å². The van der Waals surface area contributed by atoms with Crippen molar-refractivity contribution < 1.29 is 18.8 Å². The molecule has 28 heavy (non-hydrogen) atoms. The first-order valence-electron chi connectivity index (χ1n) is 9.54. The fourth-order valence-corrected chi connectivity index (χ4v) is 4.80. The highest BCUT2D eigenvalue weighted by atomic mass is 16.5. The van der Waals surface area contributed by atoms with Gasteiger partial charge in [-0.2, -0.15) is 0 Å². The second kappa shape index (κ2) is 5.48. The lowest BCUT2D eigenvalue weighted by molar-refractivity contribution is -0.122. The Morgan fingerprint density at radius 2 is 2.14 bits per heavy atom. The predicted molar refractivity (Wildman–Crippen MR) is 102 cm³/mol. The number of para-hydroxylation sites is 1. The molecule has 1 spiro atoms. The smallest absolute Gasteiger partial charge is 0.245 e. The molecule has 2 atom stereocenters. The van der Waals surface area contributed by atoms with E-state index in [0.29, 0.717) is 29.1 Å². The third-order valence-electron chi connectivity index (χ3n) is 6.18. The normalized spacial score (nSPS) is 25.5. The molecule has 0 aliphatic carbocycles. The maximum absolute atomic E-state index is 13.8. The molecule has 0 saturated carbocycles. The summed E-state index contributed by atoms with van der Waals surface area (Å²) in [6.45, 7) is 1.58. The highest BCUT2D eigenvalue weighted by Gasteiger charge is 2.57. The molecule has 3 aliphatic heterocycles. The minimum atomic E-state index is -0.873. The van der Waals surface area contributed by atoms with Gasteiger partial charge in [-0.1, -0.05) is 23.4 Å². The number of anilines is 2. The number of rotatable bonds is 2. The van der Waals surface area contributed by atoms with E-state index in [2.05, 4.69) is 5.16 Å². The summed E-state index contributed by atoms with van der Waals surface area (Å²) >= 11 is 0. The van der Waals surface area contributed by atoms with E-state index in [4.69, 9.17) is 19.7 Å². The van der Waals surface area contributed by atoms with Gasteiger partial charge in [0.15, 0.2) is 11.4 Å². The van der Waals surface area contributed by atoms with Crippen molar-refractivity contribution in [1.82, 2.24) is 5.16 Å². The number of carbonyl (C=O) groups is 1. The number of nitrogens with two attached hydrogens (primary N) is 1. The van der Waals surface area contributed by atoms with Gasteiger partial charge in [-0.05, 0) is 30.5 Å². The van der Waals surface area contributed by atoms with Crippen molar-refractivity contribution in [2.24, 2.45) is 0 Å². The first kappa shape index (κ1) is 15.9. The molecule has 6 rings (SSSR count). The average molecular weight is 377 g/mol. The van der Waals surface area contributed by atoms with Gasteiger partial charge < -0.3 is 24.6 Å². The molecule has 7 heteroatoms. The highest BCUT2D eigenvalue weighted by Crippen LogP contribution is 2.53. The lowest BCUT2D eigenvalue weighted by Gasteiger charge is -2.24. The largest absolute Gasteiger partial charge is 0.491 e. The third kappa shape index (κ3) is 1.91. The van der Waals surface area contributed by atoms with Crippen molar-refractivity contribution in [2.75, 3.05) is 30.4 Å². The number of carbonyl (C=O) groups excluding carboxylic acids is 1. The molecular weight excluding hydrogens is 358 g/mol. The fraction of sp³-hybridized carbons (Fsp3) is 0.333. The molecule has 1 unspecified atom stereocenters. The molecule has 3 aliphatic rings. The van der Waals surface area contributed by atoms with Crippen LogP contribution in [-0.4, -0.2) is 36.9 Å². The highest BCUT2D eigenvalue weighted by molar-refractivity contribution is 6.12. The molecule has 2 N–H and O–H groups in total. The number of ether oxygens (including phenoxy) is 2. The lowest BCUT2D eigenvalue weighted by Crippen LogP contribution is -2.44. The summed E-state index contributed by atoms with van der Waals surface area (Å²) in [7, 11) is 0. The van der Waals surface area contributed by atoms with Crippen molar-refractivity contribution >= 4 is 28.4 Å². The summed E-state index contributed by atoms with van der Waals surface area (Å²) in [5, 5.41) is 4.53. The molecule has 1 amide bonds. The van der Waals surface area contributed by atoms with E-state index >= 15 is 0 Å². The van der Waals surface area contributed by atoms with Crippen LogP contribution in [0.1, 0.15) is 24.0 Å². The molecule has 1 saturated heterocycles. The Morgan fingerprint density at radius 3 is 3.00 bits per heavy atom. The zero-order valence-corrected chi connectivity index (χ0v) is 15.2. The van der Waals surface area contributed by atoms with Crippen LogP contribution in [-0.2, 0) is 14.9 Å². The second-order valence-corrected chi connectivity index (χ2v) is 7.67. The molecule has 1 fully saturated rings. The fourth-order valence-electron chi connectivity index (χ4n) is 4.80. The number of aromatic nitrogens is 1. The van der Waals surface area contributed by atoms with Crippen molar-refractivity contribution in [3.8, 4) is 5.75 Å². The summed E-state index contributed by atoms with van der Waals surface area (Å²) in [6, 6.07) is 11.6. The van der Waals surface area contributed by atoms with Gasteiger partial charge in [0.05, 0.1) is 18.0 Å². The molecule has 4 heterocycles. The lowest BCUT2D eigenvalue weighted by atomic mass is 9.77. The molecule has 142 valence electrons. The van der Waals surface area contributed by atoms with Crippen LogP contribution in [0.4, 0.5) is 11.5 Å². The molecule has 1 aromatic heterocycles. The zero-order valence-electron chi connectivity index (χ0n) is 15.2. The molecular formula is C21H19N3O4. The molecule has 7 nitrogen and oxygen atoms in total. The molecule has 3 aromatic rings. The van der Waals surface area contributed by atoms with Gasteiger partial charge in [0.25, 0.3) is 0 Å². The number of hydrogen-bond donors (Lipinski definition) is 1. The maximum atomic E-state index is 13.8. The standard InChI is InChI=1S/C21H19N3O4/c22-19-13-8-15-18(9-17(13)28-23-19)27-11-21(15)14-5-1-2-6-16(14)24(20(21)25)10-12-4-3-7-26-12/h1-2,5-6,8-9,12H,3-4,7,10-11H2,(H2,22,23)/t12-,21?/m1/s1. The Balaban J connectivity index is 1.53. The van der Waals surface area contributed by atoms with Crippen LogP contribution in [0.25, 0.3) is 11.0 Å². The van der Waals surface area contributed by atoms with Gasteiger partial charge >= 0.3 is 0 Å². The van der Waals surface area contributed by atoms with Gasteiger partial charge in [-0.3, -0.25) is 4.79 Å². The van der Waals surface area contributed by atoms with Crippen LogP contribution < -0.4 is 15.4 Å². The Hall–Kier alpha value is -3.06. The topological polar surface area (TPSA) is 90.8 Å². The summed E-state index contributed by atoms with van der Waals surface area (Å²) in [4.78, 5) is 15.7. The monoisotopic (exact) mass is 377 g/mol. The number of nitrogen functional groups attached to an aromatic ring is 1. The molecule has 2 aromatic carbocycles. The van der Waals surface area contributed by atoms with E-state index < -0.39 is 5.41 Å². The number of amides is 1. The summed E-state index contributed by atoms with van der Waals surface area (Å²) in [6.07, 6.45) is 2.09. The SMILES string of the molecule is Nc1noc2cc3c(cc12)C1(CO3)C(=O)N(C[C@H]2CCCO2)c2ccccc21. The van der Waals surface area contributed by atoms with Gasteiger partial charge in [0, 0.05) is 23.9 Å². The van der Waals surface area contributed by atoms with Crippen LogP contribution in [0.5, 0.6) is 5.75 Å². The minimum absolute atomic E-state index is 0.0253. The van der Waals surface area contributed by atoms with E-state index in [9.17, 15) is 4.79 Å². The van der Waals surface area contributed by atoms with E-state index in [-0.39, 0.29) is 18.6 Å². The molecule has 0 radical (unpaired) electrons. The van der Waals surface area contributed by atoms with Crippen LogP contribution >= 0.6 is 0 Å². The first-order chi connectivity index (χ1) is 13.7. The maximum Gasteiger partial charge on any atom is 0.245 e. The summed E-state index contributed by atoms with van der Waals surface area (Å²) < 4.78 is 17.1. The van der Waals surface area contributed by atoms with Crippen molar-refractivity contribution in [3.05, 3.63) is 47.5 Å². The third-order valence-corrected chi connectivity index (χ3v) is 6.18. The van der Waals surface area contributed by atoms with E-state index in [1.165, 1.54) is 0 Å². The van der Waals surface area contributed by atoms with Gasteiger partial charge in [0.2, 0.25) is 5.91 Å². The second-order valence-electron chi connectivity index (χ2n) is 7.67. The van der Waals surface area contributed by atoms with Crippen LogP contribution in [0.3, 0.4) is 0 Å². The number of nitrogens with zero attached hydrogens (tertiary/aromatic N) is 2. The molecule has 0 bridgehead atoms. The van der Waals surface area contributed by atoms with Gasteiger partial charge in [-0.15, -0.1) is 0 Å². The van der Waals surface area contributed by atoms with E-state index in [1.807, 2.05) is 35.2 Å². The van der Waals surface area contributed by atoms with Crippen LogP contribution in [0.15, 0.2) is 40.9 Å². The number of benzene rings is 2. The van der Waals surface area contributed by atoms with Crippen molar-refractivity contribution in [1.29, 1.82) is 0 Å². The van der Waals surface area contributed by atoms with Crippen molar-refractivity contribution in [3.63, 3.8) is 0 Å². The summed E-state index contributed by atoms with van der Waals surface area (Å²) in [5.41, 5.74) is 8.37. The quantitative estimate of drug-likeness (QED) is 0.738. The minimum Gasteiger partial charge on any atom is -0.491 e. The van der Waals surface area contributed by atoms with Gasteiger partial charge in [-0.25, -0.2) is 0 Å². The first-order valence-corrected chi connectivity index (χ1v) is 9.54. The number of hydrogen-bond acceptors (Lipinski definition) is 6. The van der Waals surface area contributed by atoms with Crippen molar-refractivity contribution in [2.45, 2.75) is 24.4 Å². The average Bonchev–Trinajstić information content (AvgIpc) is 3.47. The Labute approximate surface area is 161 Å². The van der Waals surface area contributed by atoms with Crippen LogP contribution in [0.2, 0.25) is 0 Å². The Bertz CT molecular complexity index is 1120. The van der Waals surface area contributed by atoms with Crippen LogP contribution in [0, 0.1) is 0 Å². The number of fused-ring (bicyclic) bond motifs is 5. The zero-order chi connectivity index (χ0) is 18.9. The Kier molecular flexibility index (Phi) is 3.12. The Morgan fingerprint density at radius 1 is 1.25 bits per heavy atom. The van der Waals surface area contributed by atoms with Gasteiger partial charge in [0.1, 0.15) is 17.8 Å².